The average molecular weight is 398 g/mol. The molecule has 8 heteroatoms. The van der Waals surface area contributed by atoms with Crippen molar-refractivity contribution in [3.63, 3.8) is 0 Å². The van der Waals surface area contributed by atoms with Crippen LogP contribution in [0.1, 0.15) is 9.67 Å². The first kappa shape index (κ1) is 17.3. The van der Waals surface area contributed by atoms with Crippen molar-refractivity contribution in [2.24, 2.45) is 0 Å². The van der Waals surface area contributed by atoms with Gasteiger partial charge in [-0.25, -0.2) is 4.79 Å². The Kier molecular flexibility index (Phi) is 4.62. The van der Waals surface area contributed by atoms with Gasteiger partial charge in [0.2, 0.25) is 0 Å². The van der Waals surface area contributed by atoms with Crippen molar-refractivity contribution in [2.45, 2.75) is 0 Å². The van der Waals surface area contributed by atoms with Gasteiger partial charge in [0, 0.05) is 21.2 Å². The predicted molar refractivity (Wildman–Crippen MR) is 105 cm³/mol. The number of amides is 1. The van der Waals surface area contributed by atoms with E-state index in [9.17, 15) is 9.59 Å². The maximum Gasteiger partial charge on any atom is 0.439 e. The van der Waals surface area contributed by atoms with Crippen LogP contribution < -0.4 is 11.1 Å². The first-order valence-electron chi connectivity index (χ1n) is 7.92. The third-order valence-corrected chi connectivity index (χ3v) is 5.18. The summed E-state index contributed by atoms with van der Waals surface area (Å²) in [6.45, 7) is 0. The number of thiophene rings is 1. The van der Waals surface area contributed by atoms with E-state index in [0.29, 0.717) is 27.0 Å². The molecule has 6 nitrogen and oxygen atoms in total. The van der Waals surface area contributed by atoms with Crippen molar-refractivity contribution in [1.29, 1.82) is 0 Å². The molecular formula is C19H12ClN3O3S. The lowest BCUT2D eigenvalue weighted by molar-refractivity contribution is 0.103. The minimum absolute atomic E-state index is 0.217. The summed E-state index contributed by atoms with van der Waals surface area (Å²) in [6.07, 6.45) is 0. The van der Waals surface area contributed by atoms with Crippen molar-refractivity contribution in [1.82, 2.24) is 10.1 Å². The number of H-pyrrole nitrogens is 1. The fraction of sp³-hybridized carbons (Fsp3) is 0. The van der Waals surface area contributed by atoms with Gasteiger partial charge in [-0.05, 0) is 42.0 Å². The molecule has 0 saturated carbocycles. The lowest BCUT2D eigenvalue weighted by atomic mass is 10.2. The van der Waals surface area contributed by atoms with Crippen molar-refractivity contribution in [2.75, 3.05) is 5.32 Å². The van der Waals surface area contributed by atoms with Crippen molar-refractivity contribution in [3.05, 3.63) is 81.1 Å². The van der Waals surface area contributed by atoms with Crippen LogP contribution in [0.25, 0.3) is 21.8 Å². The van der Waals surface area contributed by atoms with Gasteiger partial charge in [-0.1, -0.05) is 41.0 Å². The van der Waals surface area contributed by atoms with E-state index < -0.39 is 5.76 Å². The zero-order chi connectivity index (χ0) is 18.8. The first-order chi connectivity index (χ1) is 13.1. The highest BCUT2D eigenvalue weighted by atomic mass is 35.5. The molecule has 0 spiro atoms. The molecule has 1 amide bonds. The van der Waals surface area contributed by atoms with Crippen molar-refractivity contribution in [3.8, 4) is 21.8 Å². The molecule has 0 unspecified atom stereocenters. The van der Waals surface area contributed by atoms with Gasteiger partial charge < -0.3 is 5.32 Å². The Labute approximate surface area is 162 Å². The SMILES string of the molecule is O=C(Nc1cccc(-c2noc(=O)[nH]2)c1)c1ccc(-c2ccc(Cl)cc2)s1. The number of aromatic nitrogens is 2. The van der Waals surface area contributed by atoms with Gasteiger partial charge in [0.05, 0.1) is 4.88 Å². The minimum Gasteiger partial charge on any atom is -0.321 e. The van der Waals surface area contributed by atoms with E-state index in [1.165, 1.54) is 11.3 Å². The highest BCUT2D eigenvalue weighted by Crippen LogP contribution is 2.29. The summed E-state index contributed by atoms with van der Waals surface area (Å²) in [5, 5.41) is 7.16. The number of hydrogen-bond acceptors (Lipinski definition) is 5. The van der Waals surface area contributed by atoms with Gasteiger partial charge in [-0.2, -0.15) is 0 Å². The quantitative estimate of drug-likeness (QED) is 0.524. The third-order valence-electron chi connectivity index (χ3n) is 3.79. The first-order valence-corrected chi connectivity index (χ1v) is 9.11. The Morgan fingerprint density at radius 1 is 1.07 bits per heavy atom. The lowest BCUT2D eigenvalue weighted by Crippen LogP contribution is -2.10. The van der Waals surface area contributed by atoms with E-state index in [0.717, 1.165) is 10.4 Å². The van der Waals surface area contributed by atoms with Gasteiger partial charge in [0.15, 0.2) is 5.82 Å². The second-order valence-corrected chi connectivity index (χ2v) is 7.17. The molecule has 0 radical (unpaired) electrons. The number of anilines is 1. The molecule has 27 heavy (non-hydrogen) atoms. The van der Waals surface area contributed by atoms with Crippen LogP contribution in [0, 0.1) is 0 Å². The summed E-state index contributed by atoms with van der Waals surface area (Å²) in [4.78, 5) is 27.7. The molecule has 0 aliphatic rings. The van der Waals surface area contributed by atoms with Crippen LogP contribution in [0.3, 0.4) is 0 Å². The van der Waals surface area contributed by atoms with Gasteiger partial charge in [0.25, 0.3) is 5.91 Å². The highest BCUT2D eigenvalue weighted by molar-refractivity contribution is 7.17. The Hall–Kier alpha value is -3.16. The normalized spacial score (nSPS) is 10.7. The van der Waals surface area contributed by atoms with E-state index >= 15 is 0 Å². The maximum absolute atomic E-state index is 12.6. The number of aromatic amines is 1. The molecule has 0 saturated heterocycles. The summed E-state index contributed by atoms with van der Waals surface area (Å²) in [6, 6.07) is 18.1. The summed E-state index contributed by atoms with van der Waals surface area (Å²) in [7, 11) is 0. The minimum atomic E-state index is -0.632. The second-order valence-electron chi connectivity index (χ2n) is 5.65. The monoisotopic (exact) mass is 397 g/mol. The van der Waals surface area contributed by atoms with E-state index in [2.05, 4.69) is 20.0 Å². The Bertz CT molecular complexity index is 1160. The summed E-state index contributed by atoms with van der Waals surface area (Å²) < 4.78 is 4.51. The van der Waals surface area contributed by atoms with Gasteiger partial charge >= 0.3 is 5.76 Å². The van der Waals surface area contributed by atoms with Crippen LogP contribution in [-0.2, 0) is 0 Å². The van der Waals surface area contributed by atoms with E-state index in [1.54, 1.807) is 30.3 Å². The molecule has 0 aliphatic carbocycles. The number of nitrogens with one attached hydrogen (secondary N) is 2. The summed E-state index contributed by atoms with van der Waals surface area (Å²) in [5.74, 6) is -0.545. The topological polar surface area (TPSA) is 88.0 Å². The predicted octanol–water partition coefficient (Wildman–Crippen LogP) is 4.66. The fourth-order valence-corrected chi connectivity index (χ4v) is 3.55. The fourth-order valence-electron chi connectivity index (χ4n) is 2.52. The second kappa shape index (κ2) is 7.22. The Morgan fingerprint density at radius 2 is 1.89 bits per heavy atom. The van der Waals surface area contributed by atoms with Crippen LogP contribution in [-0.4, -0.2) is 16.0 Å². The molecule has 2 heterocycles. The van der Waals surface area contributed by atoms with Crippen LogP contribution in [0.5, 0.6) is 0 Å². The number of halogens is 1. The number of benzene rings is 2. The standard InChI is InChI=1S/C19H12ClN3O3S/c20-13-6-4-11(5-7-13)15-8-9-16(27-15)18(24)21-14-3-1-2-12(10-14)17-22-19(25)26-23-17/h1-10H,(H,21,24)(H,22,23,25). The van der Waals surface area contributed by atoms with E-state index in [4.69, 9.17) is 11.6 Å². The van der Waals surface area contributed by atoms with E-state index in [1.807, 2.05) is 30.3 Å². The Morgan fingerprint density at radius 3 is 2.63 bits per heavy atom. The maximum atomic E-state index is 12.6. The molecule has 0 bridgehead atoms. The average Bonchev–Trinajstić information content (AvgIpc) is 3.32. The van der Waals surface area contributed by atoms with Crippen LogP contribution in [0.4, 0.5) is 5.69 Å². The van der Waals surface area contributed by atoms with Crippen LogP contribution in [0.2, 0.25) is 5.02 Å². The zero-order valence-corrected chi connectivity index (χ0v) is 15.3. The highest BCUT2D eigenvalue weighted by Gasteiger charge is 2.12. The van der Waals surface area contributed by atoms with Gasteiger partial charge in [0.1, 0.15) is 0 Å². The molecule has 4 rings (SSSR count). The van der Waals surface area contributed by atoms with Gasteiger partial charge in [-0.15, -0.1) is 11.3 Å². The molecule has 2 aromatic carbocycles. The Balaban J connectivity index is 1.53. The summed E-state index contributed by atoms with van der Waals surface area (Å²) in [5.41, 5.74) is 2.22. The molecule has 134 valence electrons. The molecule has 0 aliphatic heterocycles. The number of hydrogen-bond donors (Lipinski definition) is 2. The summed E-state index contributed by atoms with van der Waals surface area (Å²) >= 11 is 7.31. The number of carbonyl (C=O) groups is 1. The molecule has 2 N–H and O–H groups in total. The molecule has 0 fully saturated rings. The third kappa shape index (κ3) is 3.84. The number of carbonyl (C=O) groups excluding carboxylic acids is 1. The van der Waals surface area contributed by atoms with Gasteiger partial charge in [-0.3, -0.25) is 14.3 Å². The molecule has 2 aromatic heterocycles. The van der Waals surface area contributed by atoms with E-state index in [-0.39, 0.29) is 5.91 Å². The number of rotatable bonds is 4. The lowest BCUT2D eigenvalue weighted by Gasteiger charge is -2.05. The van der Waals surface area contributed by atoms with Crippen molar-refractivity contribution < 1.29 is 9.32 Å². The van der Waals surface area contributed by atoms with Crippen LogP contribution in [0.15, 0.2) is 70.0 Å². The zero-order valence-electron chi connectivity index (χ0n) is 13.7. The largest absolute Gasteiger partial charge is 0.439 e. The molecular weight excluding hydrogens is 386 g/mol. The molecule has 4 aromatic rings. The van der Waals surface area contributed by atoms with Crippen LogP contribution >= 0.6 is 22.9 Å². The smallest absolute Gasteiger partial charge is 0.321 e. The van der Waals surface area contributed by atoms with Crippen molar-refractivity contribution >= 4 is 34.5 Å². The molecule has 0 atom stereocenters. The number of nitrogens with zero attached hydrogens (tertiary/aromatic N) is 1.